The monoisotopic (exact) mass is 486 g/mol. The molecule has 2 nitrogen and oxygen atoms in total. The van der Waals surface area contributed by atoms with Crippen LogP contribution in [0.5, 0.6) is 11.5 Å². The Kier molecular flexibility index (Phi) is 6.07. The smallest absolute Gasteiger partial charge is 0.520 e. The molecular weight excluding hydrogens is 478 g/mol. The minimum Gasteiger partial charge on any atom is -0.520 e. The first kappa shape index (κ1) is 23.3. The zero-order valence-electron chi connectivity index (χ0n) is 16.4. The molecule has 0 saturated carbocycles. The van der Waals surface area contributed by atoms with Gasteiger partial charge in [-0.15, -0.1) is 0 Å². The zero-order valence-corrected chi connectivity index (χ0v) is 16.4. The Morgan fingerprint density at radius 3 is 1.91 bits per heavy atom. The first-order chi connectivity index (χ1) is 16.1. The fourth-order valence-corrected chi connectivity index (χ4v) is 3.10. The molecule has 0 aliphatic rings. The zero-order chi connectivity index (χ0) is 24.7. The van der Waals surface area contributed by atoms with E-state index < -0.39 is 87.2 Å². The van der Waals surface area contributed by atoms with Gasteiger partial charge in [0.1, 0.15) is 17.3 Å². The highest BCUT2D eigenvalue weighted by Crippen LogP contribution is 2.36. The second-order valence-corrected chi connectivity index (χ2v) is 6.87. The molecule has 4 aromatic rings. The SMILES string of the molecule is Fc1ccc(F)c(OB(Oc2c(F)c(F)c(F)c3c(F)c(F)ccc23)c2ccc(F)c(F)c2)c1. The van der Waals surface area contributed by atoms with E-state index in [1.165, 1.54) is 0 Å². The highest BCUT2D eigenvalue weighted by Gasteiger charge is 2.33. The molecule has 0 aliphatic carbocycles. The maximum absolute atomic E-state index is 14.6. The van der Waals surface area contributed by atoms with Crippen molar-refractivity contribution in [3.05, 3.63) is 101 Å². The van der Waals surface area contributed by atoms with Gasteiger partial charge in [-0.2, -0.15) is 4.39 Å². The number of benzene rings is 4. The standard InChI is InChI=1S/C22H8BF9O2/c24-10-2-5-13(26)16(8-10)33-23(9-1-4-12(25)15(28)7-9)34-22-11-3-6-14(27)18(29)17(11)19(30)20(31)21(22)32/h1-8H. The van der Waals surface area contributed by atoms with Gasteiger partial charge in [-0.25, -0.2) is 35.1 Å². The summed E-state index contributed by atoms with van der Waals surface area (Å²) in [4.78, 5) is 0. The van der Waals surface area contributed by atoms with Crippen LogP contribution in [0.4, 0.5) is 39.5 Å². The fourth-order valence-electron chi connectivity index (χ4n) is 3.10. The predicted octanol–water partition coefficient (Wildman–Crippen LogP) is 5.94. The van der Waals surface area contributed by atoms with Crippen molar-refractivity contribution in [2.45, 2.75) is 0 Å². The summed E-state index contributed by atoms with van der Waals surface area (Å²) < 4.78 is 136. The highest BCUT2D eigenvalue weighted by molar-refractivity contribution is 6.62. The Hall–Kier alpha value is -3.83. The van der Waals surface area contributed by atoms with E-state index in [4.69, 9.17) is 9.31 Å². The summed E-state index contributed by atoms with van der Waals surface area (Å²) in [6.45, 7) is 0. The molecule has 0 atom stereocenters. The molecule has 12 heteroatoms. The minimum absolute atomic E-state index is 0.442. The van der Waals surface area contributed by atoms with Crippen molar-refractivity contribution in [3.63, 3.8) is 0 Å². The largest absolute Gasteiger partial charge is 0.632 e. The van der Waals surface area contributed by atoms with Crippen LogP contribution in [0.3, 0.4) is 0 Å². The molecule has 0 unspecified atom stereocenters. The second-order valence-electron chi connectivity index (χ2n) is 6.87. The van der Waals surface area contributed by atoms with Gasteiger partial charge in [-0.05, 0) is 36.4 Å². The third-order valence-electron chi connectivity index (χ3n) is 4.71. The van der Waals surface area contributed by atoms with Crippen molar-refractivity contribution in [2.75, 3.05) is 0 Å². The molecule has 34 heavy (non-hydrogen) atoms. The molecule has 4 aromatic carbocycles. The Balaban J connectivity index is 1.90. The summed E-state index contributed by atoms with van der Waals surface area (Å²) in [5.74, 6) is -16.7. The van der Waals surface area contributed by atoms with E-state index in [2.05, 4.69) is 0 Å². The Morgan fingerprint density at radius 2 is 1.21 bits per heavy atom. The predicted molar refractivity (Wildman–Crippen MR) is 103 cm³/mol. The quantitative estimate of drug-likeness (QED) is 0.198. The highest BCUT2D eigenvalue weighted by atomic mass is 19.2. The van der Waals surface area contributed by atoms with Crippen molar-refractivity contribution in [2.24, 2.45) is 0 Å². The number of hydrogen-bond acceptors (Lipinski definition) is 2. The lowest BCUT2D eigenvalue weighted by Crippen LogP contribution is -2.43. The molecule has 0 saturated heterocycles. The second kappa shape index (κ2) is 8.84. The summed E-state index contributed by atoms with van der Waals surface area (Å²) >= 11 is 0. The van der Waals surface area contributed by atoms with E-state index in [-0.39, 0.29) is 0 Å². The first-order valence-corrected chi connectivity index (χ1v) is 9.26. The van der Waals surface area contributed by atoms with Crippen LogP contribution in [0.2, 0.25) is 0 Å². The maximum Gasteiger partial charge on any atom is 0.632 e. The van der Waals surface area contributed by atoms with Gasteiger partial charge in [-0.3, -0.25) is 0 Å². The van der Waals surface area contributed by atoms with Gasteiger partial charge < -0.3 is 9.31 Å². The lowest BCUT2D eigenvalue weighted by atomic mass is 9.78. The van der Waals surface area contributed by atoms with Crippen LogP contribution < -0.4 is 14.8 Å². The van der Waals surface area contributed by atoms with Crippen molar-refractivity contribution in [3.8, 4) is 11.5 Å². The topological polar surface area (TPSA) is 18.5 Å². The van der Waals surface area contributed by atoms with E-state index in [0.717, 1.165) is 12.1 Å². The summed E-state index contributed by atoms with van der Waals surface area (Å²) in [5.41, 5.74) is -0.442. The Labute approximate surface area is 185 Å². The van der Waals surface area contributed by atoms with E-state index in [1.54, 1.807) is 0 Å². The minimum atomic E-state index is -2.24. The van der Waals surface area contributed by atoms with Gasteiger partial charge in [0.15, 0.2) is 40.7 Å². The molecular formula is C22H8BF9O2. The van der Waals surface area contributed by atoms with Crippen LogP contribution in [0.25, 0.3) is 10.8 Å². The van der Waals surface area contributed by atoms with Gasteiger partial charge in [0.05, 0.1) is 5.39 Å². The summed E-state index contributed by atoms with van der Waals surface area (Å²) in [5, 5.41) is -2.11. The van der Waals surface area contributed by atoms with E-state index >= 15 is 0 Å². The molecule has 0 aliphatic heterocycles. The Morgan fingerprint density at radius 1 is 0.529 bits per heavy atom. The van der Waals surface area contributed by atoms with Gasteiger partial charge in [-0.1, -0.05) is 6.07 Å². The van der Waals surface area contributed by atoms with Gasteiger partial charge in [0.2, 0.25) is 5.82 Å². The normalized spacial score (nSPS) is 11.1. The molecule has 0 aromatic heterocycles. The van der Waals surface area contributed by atoms with Crippen molar-refractivity contribution in [1.82, 2.24) is 0 Å². The van der Waals surface area contributed by atoms with Crippen molar-refractivity contribution >= 4 is 23.4 Å². The average Bonchev–Trinajstić information content (AvgIpc) is 2.80. The average molecular weight is 486 g/mol. The van der Waals surface area contributed by atoms with Crippen LogP contribution in [-0.4, -0.2) is 7.12 Å². The lowest BCUT2D eigenvalue weighted by molar-refractivity contribution is 0.386. The molecule has 0 radical (unpaired) electrons. The molecule has 0 spiro atoms. The number of halogens is 9. The number of hydrogen-bond donors (Lipinski definition) is 0. The maximum atomic E-state index is 14.6. The van der Waals surface area contributed by atoms with E-state index in [9.17, 15) is 39.5 Å². The lowest BCUT2D eigenvalue weighted by Gasteiger charge is -2.20. The molecule has 0 fully saturated rings. The van der Waals surface area contributed by atoms with Crippen LogP contribution >= 0.6 is 0 Å². The third kappa shape index (κ3) is 4.11. The number of rotatable bonds is 5. The van der Waals surface area contributed by atoms with Gasteiger partial charge in [0.25, 0.3) is 0 Å². The van der Waals surface area contributed by atoms with E-state index in [1.807, 2.05) is 0 Å². The van der Waals surface area contributed by atoms with Crippen molar-refractivity contribution < 1.29 is 48.8 Å². The van der Waals surface area contributed by atoms with Crippen LogP contribution in [-0.2, 0) is 0 Å². The summed E-state index contributed by atoms with van der Waals surface area (Å²) in [6.07, 6.45) is 0. The third-order valence-corrected chi connectivity index (χ3v) is 4.71. The number of fused-ring (bicyclic) bond motifs is 1. The van der Waals surface area contributed by atoms with Gasteiger partial charge >= 0.3 is 7.12 Å². The van der Waals surface area contributed by atoms with Crippen molar-refractivity contribution in [1.29, 1.82) is 0 Å². The molecule has 0 heterocycles. The fraction of sp³-hybridized carbons (Fsp3) is 0. The summed E-state index contributed by atoms with van der Waals surface area (Å²) in [7, 11) is -2.12. The molecule has 0 bridgehead atoms. The van der Waals surface area contributed by atoms with E-state index in [0.29, 0.717) is 36.4 Å². The molecule has 0 amide bonds. The Bertz CT molecular complexity index is 1430. The summed E-state index contributed by atoms with van der Waals surface area (Å²) in [6, 6.07) is 5.02. The van der Waals surface area contributed by atoms with Gasteiger partial charge in [0, 0.05) is 16.9 Å². The molecule has 174 valence electrons. The molecule has 0 N–H and O–H groups in total. The molecule has 4 rings (SSSR count). The van der Waals surface area contributed by atoms with Crippen LogP contribution in [0.15, 0.2) is 48.5 Å². The first-order valence-electron chi connectivity index (χ1n) is 9.26. The van der Waals surface area contributed by atoms with Crippen LogP contribution in [0, 0.1) is 52.4 Å². The van der Waals surface area contributed by atoms with Crippen LogP contribution in [0.1, 0.15) is 0 Å².